The average molecular weight is 321 g/mol. The van der Waals surface area contributed by atoms with Crippen molar-refractivity contribution in [1.82, 2.24) is 4.72 Å². The van der Waals surface area contributed by atoms with Crippen LogP contribution in [0.5, 0.6) is 0 Å². The monoisotopic (exact) mass is 321 g/mol. The Kier molecular flexibility index (Phi) is 3.36. The van der Waals surface area contributed by atoms with Gasteiger partial charge in [0.15, 0.2) is 0 Å². The zero-order valence-corrected chi connectivity index (χ0v) is 13.5. The van der Waals surface area contributed by atoms with Gasteiger partial charge in [-0.1, -0.05) is 12.5 Å². The predicted molar refractivity (Wildman–Crippen MR) is 84.1 cm³/mol. The Hall–Kier alpha value is -0.910. The minimum atomic E-state index is -3.49. The number of rotatable bonds is 3. The smallest absolute Gasteiger partial charge is 0.240 e. The Balaban J connectivity index is 1.56. The molecule has 2 saturated carbocycles. The summed E-state index contributed by atoms with van der Waals surface area (Å²) in [7, 11) is -3.49. The van der Waals surface area contributed by atoms with Gasteiger partial charge < -0.3 is 5.11 Å². The van der Waals surface area contributed by atoms with Crippen molar-refractivity contribution in [3.63, 3.8) is 0 Å². The van der Waals surface area contributed by atoms with Crippen LogP contribution < -0.4 is 4.72 Å². The highest BCUT2D eigenvalue weighted by Crippen LogP contribution is 2.56. The van der Waals surface area contributed by atoms with Gasteiger partial charge in [-0.2, -0.15) is 0 Å². The number of aliphatic hydroxyl groups excluding tert-OH is 1. The summed E-state index contributed by atoms with van der Waals surface area (Å²) >= 11 is 0. The van der Waals surface area contributed by atoms with Crippen molar-refractivity contribution in [2.24, 2.45) is 5.41 Å². The zero-order valence-electron chi connectivity index (χ0n) is 12.7. The Labute approximate surface area is 132 Å². The van der Waals surface area contributed by atoms with Crippen molar-refractivity contribution < 1.29 is 13.5 Å². The van der Waals surface area contributed by atoms with E-state index in [4.69, 9.17) is 0 Å². The highest BCUT2D eigenvalue weighted by Gasteiger charge is 2.58. The molecule has 1 aromatic carbocycles. The molecule has 0 heterocycles. The van der Waals surface area contributed by atoms with Crippen LogP contribution in [0.15, 0.2) is 23.1 Å². The number of fused-ring (bicyclic) bond motifs is 1. The van der Waals surface area contributed by atoms with E-state index in [2.05, 4.69) is 4.72 Å². The summed E-state index contributed by atoms with van der Waals surface area (Å²) in [5.74, 6) is 0. The molecule has 0 aliphatic heterocycles. The summed E-state index contributed by atoms with van der Waals surface area (Å²) < 4.78 is 28.2. The molecule has 4 rings (SSSR count). The van der Waals surface area contributed by atoms with Crippen LogP contribution in [0.3, 0.4) is 0 Å². The summed E-state index contributed by atoms with van der Waals surface area (Å²) in [6.07, 6.45) is 7.54. The molecule has 1 spiro atoms. The number of hydrogen-bond acceptors (Lipinski definition) is 3. The molecule has 0 bridgehead atoms. The number of aryl methyl sites for hydroxylation is 2. The lowest BCUT2D eigenvalue weighted by atomic mass is 9.51. The van der Waals surface area contributed by atoms with Crippen LogP contribution in [0.4, 0.5) is 0 Å². The van der Waals surface area contributed by atoms with Crippen molar-refractivity contribution in [2.45, 2.75) is 68.4 Å². The fraction of sp³-hybridized carbons (Fsp3) is 0.647. The maximum absolute atomic E-state index is 12.7. The molecule has 1 aromatic rings. The molecule has 2 unspecified atom stereocenters. The summed E-state index contributed by atoms with van der Waals surface area (Å²) in [6, 6.07) is 5.45. The number of hydrogen-bond donors (Lipinski definition) is 2. The quantitative estimate of drug-likeness (QED) is 0.896. The molecule has 2 N–H and O–H groups in total. The van der Waals surface area contributed by atoms with E-state index in [0.717, 1.165) is 38.5 Å². The maximum Gasteiger partial charge on any atom is 0.240 e. The van der Waals surface area contributed by atoms with E-state index in [9.17, 15) is 13.5 Å². The second kappa shape index (κ2) is 5.05. The second-order valence-corrected chi connectivity index (χ2v) is 8.86. The van der Waals surface area contributed by atoms with E-state index in [1.807, 2.05) is 12.1 Å². The van der Waals surface area contributed by atoms with E-state index in [-0.39, 0.29) is 17.6 Å². The first-order valence-corrected chi connectivity index (χ1v) is 9.82. The van der Waals surface area contributed by atoms with Gasteiger partial charge in [0.2, 0.25) is 10.0 Å². The molecule has 0 radical (unpaired) electrons. The minimum absolute atomic E-state index is 0.0997. The standard InChI is InChI=1S/C17H23NO3S/c19-16-11-15(17(16)8-3-9-17)18-22(20,21)14-7-6-12-4-1-2-5-13(12)10-14/h6-7,10,15-16,18-19H,1-5,8-9,11H2. The topological polar surface area (TPSA) is 66.4 Å². The molecule has 120 valence electrons. The SMILES string of the molecule is O=S(=O)(NC1CC(O)C12CCC2)c1ccc2c(c1)CCCC2. The van der Waals surface area contributed by atoms with Gasteiger partial charge in [-0.05, 0) is 68.2 Å². The normalized spacial score (nSPS) is 29.5. The van der Waals surface area contributed by atoms with Crippen LogP contribution in [0, 0.1) is 5.41 Å². The fourth-order valence-electron chi connectivity index (χ4n) is 4.33. The van der Waals surface area contributed by atoms with Crippen molar-refractivity contribution in [1.29, 1.82) is 0 Å². The molecular weight excluding hydrogens is 298 g/mol. The molecule has 22 heavy (non-hydrogen) atoms. The highest BCUT2D eigenvalue weighted by atomic mass is 32.2. The second-order valence-electron chi connectivity index (χ2n) is 7.15. The molecular formula is C17H23NO3S. The van der Waals surface area contributed by atoms with Gasteiger partial charge in [0, 0.05) is 11.5 Å². The molecule has 2 fully saturated rings. The van der Waals surface area contributed by atoms with Crippen LogP contribution in [0.2, 0.25) is 0 Å². The van der Waals surface area contributed by atoms with Gasteiger partial charge in [0.05, 0.1) is 11.0 Å². The van der Waals surface area contributed by atoms with Gasteiger partial charge in [-0.3, -0.25) is 0 Å². The van der Waals surface area contributed by atoms with E-state index < -0.39 is 10.0 Å². The molecule has 3 aliphatic carbocycles. The van der Waals surface area contributed by atoms with Crippen molar-refractivity contribution >= 4 is 10.0 Å². The molecule has 0 amide bonds. The lowest BCUT2D eigenvalue weighted by Gasteiger charge is -2.59. The molecule has 0 aromatic heterocycles. The van der Waals surface area contributed by atoms with Crippen LogP contribution in [0.1, 0.15) is 49.7 Å². The van der Waals surface area contributed by atoms with Crippen molar-refractivity contribution in [2.75, 3.05) is 0 Å². The van der Waals surface area contributed by atoms with E-state index >= 15 is 0 Å². The molecule has 3 aliphatic rings. The summed E-state index contributed by atoms with van der Waals surface area (Å²) in [5, 5.41) is 9.98. The fourth-order valence-corrected chi connectivity index (χ4v) is 5.72. The van der Waals surface area contributed by atoms with E-state index in [0.29, 0.717) is 11.3 Å². The third-order valence-electron chi connectivity index (χ3n) is 6.03. The lowest BCUT2D eigenvalue weighted by Crippen LogP contribution is -2.66. The van der Waals surface area contributed by atoms with Gasteiger partial charge >= 0.3 is 0 Å². The number of aliphatic hydroxyl groups is 1. The molecule has 5 heteroatoms. The minimum Gasteiger partial charge on any atom is -0.392 e. The first kappa shape index (κ1) is 14.7. The van der Waals surface area contributed by atoms with Crippen LogP contribution >= 0.6 is 0 Å². The van der Waals surface area contributed by atoms with Gasteiger partial charge in [-0.25, -0.2) is 13.1 Å². The Morgan fingerprint density at radius 2 is 1.82 bits per heavy atom. The Morgan fingerprint density at radius 1 is 1.09 bits per heavy atom. The summed E-state index contributed by atoms with van der Waals surface area (Å²) in [6.45, 7) is 0. The van der Waals surface area contributed by atoms with E-state index in [1.165, 1.54) is 17.5 Å². The Morgan fingerprint density at radius 3 is 2.45 bits per heavy atom. The third kappa shape index (κ3) is 2.14. The van der Waals surface area contributed by atoms with Gasteiger partial charge in [-0.15, -0.1) is 0 Å². The molecule has 0 saturated heterocycles. The number of sulfonamides is 1. The zero-order chi connectivity index (χ0) is 15.4. The average Bonchev–Trinajstić information content (AvgIpc) is 2.44. The van der Waals surface area contributed by atoms with Crippen molar-refractivity contribution in [3.8, 4) is 0 Å². The molecule has 4 nitrogen and oxygen atoms in total. The van der Waals surface area contributed by atoms with Crippen molar-refractivity contribution in [3.05, 3.63) is 29.3 Å². The van der Waals surface area contributed by atoms with Gasteiger partial charge in [0.1, 0.15) is 0 Å². The van der Waals surface area contributed by atoms with Crippen LogP contribution in [0.25, 0.3) is 0 Å². The number of benzene rings is 1. The first-order valence-electron chi connectivity index (χ1n) is 8.33. The first-order chi connectivity index (χ1) is 10.5. The van der Waals surface area contributed by atoms with Crippen LogP contribution in [-0.4, -0.2) is 25.7 Å². The van der Waals surface area contributed by atoms with Crippen LogP contribution in [-0.2, 0) is 22.9 Å². The molecule has 2 atom stereocenters. The predicted octanol–water partition coefficient (Wildman–Crippen LogP) is 2.15. The summed E-state index contributed by atoms with van der Waals surface area (Å²) in [4.78, 5) is 0.379. The highest BCUT2D eigenvalue weighted by molar-refractivity contribution is 7.89. The lowest BCUT2D eigenvalue weighted by molar-refractivity contribution is -0.138. The van der Waals surface area contributed by atoms with E-state index in [1.54, 1.807) is 6.07 Å². The third-order valence-corrected chi connectivity index (χ3v) is 7.50. The maximum atomic E-state index is 12.7. The van der Waals surface area contributed by atoms with Gasteiger partial charge in [0.25, 0.3) is 0 Å². The Bertz CT molecular complexity index is 694. The largest absolute Gasteiger partial charge is 0.392 e. The number of nitrogens with one attached hydrogen (secondary N) is 1. The summed E-state index contributed by atoms with van der Waals surface area (Å²) in [5.41, 5.74) is 2.29.